The average Bonchev–Trinajstić information content (AvgIpc) is 2.72. The Morgan fingerprint density at radius 2 is 0.964 bits per heavy atom. The first-order valence-corrected chi connectivity index (χ1v) is 10.7. The van der Waals surface area contributed by atoms with E-state index in [4.69, 9.17) is 10.5 Å². The average molecular weight is 380 g/mol. The molecule has 0 aliphatic heterocycles. The van der Waals surface area contributed by atoms with Crippen LogP contribution in [0, 0.1) is 68.0 Å². The molecular formula is C23H33N5. The number of rotatable bonds is 17. The van der Waals surface area contributed by atoms with Gasteiger partial charge in [0.05, 0.1) is 42.7 Å². The zero-order chi connectivity index (χ0) is 20.9. The van der Waals surface area contributed by atoms with Crippen LogP contribution >= 0.6 is 0 Å². The predicted molar refractivity (Wildman–Crippen MR) is 108 cm³/mol. The zero-order valence-corrected chi connectivity index (χ0v) is 17.1. The Balaban J connectivity index is 3.65. The lowest BCUT2D eigenvalue weighted by molar-refractivity contribution is 0.360. The fraction of sp³-hybridized carbons (Fsp3) is 0.783. The molecule has 0 aliphatic rings. The van der Waals surface area contributed by atoms with Gasteiger partial charge in [-0.25, -0.2) is 0 Å². The molecule has 0 N–H and O–H groups in total. The van der Waals surface area contributed by atoms with E-state index < -0.39 is 11.3 Å². The minimum absolute atomic E-state index is 0.210. The fourth-order valence-corrected chi connectivity index (χ4v) is 3.43. The molecule has 5 nitrogen and oxygen atoms in total. The van der Waals surface area contributed by atoms with Crippen LogP contribution in [-0.4, -0.2) is 0 Å². The number of hydrogen-bond donors (Lipinski definition) is 0. The standard InChI is InChI=1S/C23H33N5/c24-17-14-12-10-8-6-4-2-1-3-5-7-9-11-13-15-22(19-26)23(20-27,21-28)16-18-25/h22H,1-16H2. The van der Waals surface area contributed by atoms with Crippen molar-refractivity contribution in [1.29, 1.82) is 26.3 Å². The van der Waals surface area contributed by atoms with Crippen molar-refractivity contribution in [1.82, 2.24) is 0 Å². The third kappa shape index (κ3) is 11.2. The lowest BCUT2D eigenvalue weighted by atomic mass is 9.74. The summed E-state index contributed by atoms with van der Waals surface area (Å²) in [6.45, 7) is 0. The van der Waals surface area contributed by atoms with Crippen LogP contribution in [0.25, 0.3) is 0 Å². The highest BCUT2D eigenvalue weighted by Crippen LogP contribution is 2.33. The van der Waals surface area contributed by atoms with Crippen molar-refractivity contribution in [3.05, 3.63) is 0 Å². The first-order chi connectivity index (χ1) is 13.7. The highest BCUT2D eigenvalue weighted by Gasteiger charge is 2.39. The second kappa shape index (κ2) is 17.8. The Kier molecular flexibility index (Phi) is 16.2. The summed E-state index contributed by atoms with van der Waals surface area (Å²) in [5.74, 6) is -0.693. The van der Waals surface area contributed by atoms with Gasteiger partial charge in [0.15, 0.2) is 5.41 Å². The van der Waals surface area contributed by atoms with E-state index in [1.165, 1.54) is 57.8 Å². The van der Waals surface area contributed by atoms with Crippen LogP contribution < -0.4 is 0 Å². The summed E-state index contributed by atoms with van der Waals surface area (Å²) in [6, 6.07) is 9.93. The number of hydrogen-bond acceptors (Lipinski definition) is 5. The summed E-state index contributed by atoms with van der Waals surface area (Å²) in [6.07, 6.45) is 16.2. The molecule has 0 aromatic rings. The van der Waals surface area contributed by atoms with Crippen molar-refractivity contribution in [3.63, 3.8) is 0 Å². The Labute approximate surface area is 171 Å². The van der Waals surface area contributed by atoms with Crippen molar-refractivity contribution in [2.45, 2.75) is 103 Å². The highest BCUT2D eigenvalue weighted by atomic mass is 14.5. The molecule has 0 saturated carbocycles. The first kappa shape index (κ1) is 25.4. The Bertz CT molecular complexity index is 591. The van der Waals surface area contributed by atoms with E-state index in [-0.39, 0.29) is 6.42 Å². The number of nitrogens with zero attached hydrogens (tertiary/aromatic N) is 5. The third-order valence-corrected chi connectivity index (χ3v) is 5.29. The maximum atomic E-state index is 9.29. The van der Waals surface area contributed by atoms with Gasteiger partial charge in [-0.2, -0.15) is 26.3 Å². The zero-order valence-electron chi connectivity index (χ0n) is 17.1. The van der Waals surface area contributed by atoms with Gasteiger partial charge in [0.25, 0.3) is 0 Å². The van der Waals surface area contributed by atoms with E-state index in [1.807, 2.05) is 18.2 Å². The monoisotopic (exact) mass is 379 g/mol. The summed E-state index contributed by atoms with van der Waals surface area (Å²) < 4.78 is 0. The highest BCUT2D eigenvalue weighted by molar-refractivity contribution is 5.23. The van der Waals surface area contributed by atoms with Crippen LogP contribution in [0.15, 0.2) is 0 Å². The first-order valence-electron chi connectivity index (χ1n) is 10.7. The van der Waals surface area contributed by atoms with Crippen LogP contribution in [-0.2, 0) is 0 Å². The molecule has 0 spiro atoms. The minimum Gasteiger partial charge on any atom is -0.198 e. The molecule has 150 valence electrons. The Hall–Kier alpha value is -2.55. The van der Waals surface area contributed by atoms with Crippen LogP contribution in [0.4, 0.5) is 0 Å². The minimum atomic E-state index is -1.49. The van der Waals surface area contributed by atoms with E-state index >= 15 is 0 Å². The molecule has 0 aromatic heterocycles. The molecule has 0 fully saturated rings. The molecule has 0 amide bonds. The molecule has 5 heteroatoms. The molecule has 0 radical (unpaired) electrons. The van der Waals surface area contributed by atoms with E-state index in [1.54, 1.807) is 0 Å². The Morgan fingerprint density at radius 1 is 0.536 bits per heavy atom. The second-order valence-electron chi connectivity index (χ2n) is 7.50. The van der Waals surface area contributed by atoms with Gasteiger partial charge < -0.3 is 0 Å². The largest absolute Gasteiger partial charge is 0.198 e. The SMILES string of the molecule is N#CCCCCCCCCCCCCCCCC(C#N)C(C#N)(C#N)CC#N. The number of unbranched alkanes of at least 4 members (excludes halogenated alkanes) is 13. The van der Waals surface area contributed by atoms with Crippen molar-refractivity contribution >= 4 is 0 Å². The van der Waals surface area contributed by atoms with E-state index in [0.29, 0.717) is 12.8 Å². The van der Waals surface area contributed by atoms with E-state index in [0.717, 1.165) is 25.7 Å². The van der Waals surface area contributed by atoms with Gasteiger partial charge >= 0.3 is 0 Å². The summed E-state index contributed by atoms with van der Waals surface area (Å²) in [5, 5.41) is 45.1. The number of nitriles is 5. The van der Waals surface area contributed by atoms with Gasteiger partial charge in [-0.15, -0.1) is 0 Å². The third-order valence-electron chi connectivity index (χ3n) is 5.29. The van der Waals surface area contributed by atoms with Crippen LogP contribution in [0.2, 0.25) is 0 Å². The van der Waals surface area contributed by atoms with Crippen molar-refractivity contribution < 1.29 is 0 Å². The maximum absolute atomic E-state index is 9.29. The molecular weight excluding hydrogens is 346 g/mol. The van der Waals surface area contributed by atoms with Crippen molar-refractivity contribution in [2.24, 2.45) is 11.3 Å². The summed E-state index contributed by atoms with van der Waals surface area (Å²) in [5.41, 5.74) is -1.49. The Morgan fingerprint density at radius 3 is 1.32 bits per heavy atom. The molecule has 0 heterocycles. The molecule has 1 atom stereocenters. The van der Waals surface area contributed by atoms with Gasteiger partial charge in [0.1, 0.15) is 0 Å². The fourth-order valence-electron chi connectivity index (χ4n) is 3.43. The van der Waals surface area contributed by atoms with Crippen LogP contribution in [0.1, 0.15) is 103 Å². The molecule has 1 unspecified atom stereocenters. The van der Waals surface area contributed by atoms with Crippen molar-refractivity contribution in [2.75, 3.05) is 0 Å². The topological polar surface area (TPSA) is 119 Å². The summed E-state index contributed by atoms with van der Waals surface area (Å²) >= 11 is 0. The van der Waals surface area contributed by atoms with Gasteiger partial charge in [-0.3, -0.25) is 0 Å². The lowest BCUT2D eigenvalue weighted by Gasteiger charge is -2.20. The van der Waals surface area contributed by atoms with Gasteiger partial charge in [0, 0.05) is 6.42 Å². The molecule has 0 aliphatic carbocycles. The van der Waals surface area contributed by atoms with Gasteiger partial charge in [-0.1, -0.05) is 77.0 Å². The molecule has 28 heavy (non-hydrogen) atoms. The van der Waals surface area contributed by atoms with Crippen LogP contribution in [0.3, 0.4) is 0 Å². The van der Waals surface area contributed by atoms with Crippen LogP contribution in [0.5, 0.6) is 0 Å². The molecule has 0 saturated heterocycles. The van der Waals surface area contributed by atoms with Crippen molar-refractivity contribution in [3.8, 4) is 30.3 Å². The summed E-state index contributed by atoms with van der Waals surface area (Å²) in [4.78, 5) is 0. The van der Waals surface area contributed by atoms with Gasteiger partial charge in [0.2, 0.25) is 0 Å². The summed E-state index contributed by atoms with van der Waals surface area (Å²) in [7, 11) is 0. The lowest BCUT2D eigenvalue weighted by Crippen LogP contribution is -2.26. The van der Waals surface area contributed by atoms with E-state index in [2.05, 4.69) is 12.1 Å². The molecule has 0 bridgehead atoms. The van der Waals surface area contributed by atoms with E-state index in [9.17, 15) is 15.8 Å². The maximum Gasteiger partial charge on any atom is 0.172 e. The smallest absolute Gasteiger partial charge is 0.172 e. The predicted octanol–water partition coefficient (Wildman–Crippen LogP) is 6.45. The quantitative estimate of drug-likeness (QED) is 0.269. The molecule has 0 rings (SSSR count). The molecule has 0 aromatic carbocycles. The van der Waals surface area contributed by atoms with Gasteiger partial charge in [-0.05, 0) is 12.8 Å². The normalized spacial score (nSPS) is 11.4. The second-order valence-corrected chi connectivity index (χ2v) is 7.50.